The summed E-state index contributed by atoms with van der Waals surface area (Å²) in [4.78, 5) is 22.3. The monoisotopic (exact) mass is 302 g/mol. The Morgan fingerprint density at radius 2 is 2.10 bits per heavy atom. The Hall–Kier alpha value is -1.99. The van der Waals surface area contributed by atoms with Crippen LogP contribution in [0.2, 0.25) is 5.02 Å². The number of rotatable bonds is 5. The van der Waals surface area contributed by atoms with E-state index in [1.807, 2.05) is 0 Å². The minimum atomic E-state index is -2.05. The summed E-state index contributed by atoms with van der Waals surface area (Å²) in [7, 11) is 1.47. The topological polar surface area (TPSA) is 108 Å². The summed E-state index contributed by atoms with van der Waals surface area (Å²) in [5.74, 6) is -0.931. The molecule has 0 heterocycles. The van der Waals surface area contributed by atoms with Gasteiger partial charge in [-0.25, -0.2) is 9.59 Å². The number of hydrogen-bond acceptors (Lipinski definition) is 4. The van der Waals surface area contributed by atoms with Crippen molar-refractivity contribution in [3.63, 3.8) is 0 Å². The molecule has 0 saturated heterocycles. The second-order valence-electron chi connectivity index (χ2n) is 4.23. The van der Waals surface area contributed by atoms with Crippen molar-refractivity contribution in [2.45, 2.75) is 12.5 Å². The first-order valence-electron chi connectivity index (χ1n) is 5.60. The van der Waals surface area contributed by atoms with Crippen LogP contribution in [0.3, 0.4) is 0 Å². The summed E-state index contributed by atoms with van der Waals surface area (Å²) in [6.45, 7) is 0.629. The molecule has 2 amide bonds. The number of carbonyl (C=O) groups excluding carboxylic acids is 1. The highest BCUT2D eigenvalue weighted by Gasteiger charge is 2.30. The first-order chi connectivity index (χ1) is 9.26. The number of amides is 2. The average Bonchev–Trinajstić information content (AvgIpc) is 2.39. The van der Waals surface area contributed by atoms with Gasteiger partial charge >= 0.3 is 12.0 Å². The zero-order valence-corrected chi connectivity index (χ0v) is 11.7. The Morgan fingerprint density at radius 3 is 2.65 bits per heavy atom. The smallest absolute Gasteiger partial charge is 0.337 e. The highest BCUT2D eigenvalue weighted by atomic mass is 35.5. The molecule has 8 heteroatoms. The van der Waals surface area contributed by atoms with Gasteiger partial charge in [0.25, 0.3) is 0 Å². The van der Waals surface area contributed by atoms with E-state index < -0.39 is 24.1 Å². The van der Waals surface area contributed by atoms with E-state index in [0.29, 0.717) is 16.5 Å². The first-order valence-corrected chi connectivity index (χ1v) is 5.98. The number of hydrogen-bond donors (Lipinski definition) is 4. The van der Waals surface area contributed by atoms with E-state index in [1.165, 1.54) is 13.2 Å². The Bertz CT molecular complexity index is 519. The molecule has 1 atom stereocenters. The third kappa shape index (κ3) is 4.29. The van der Waals surface area contributed by atoms with Gasteiger partial charge in [0.2, 0.25) is 0 Å². The van der Waals surface area contributed by atoms with Gasteiger partial charge in [0.05, 0.1) is 24.4 Å². The Labute approximate surface area is 120 Å². The van der Waals surface area contributed by atoms with Gasteiger partial charge in [-0.3, -0.25) is 0 Å². The molecule has 7 nitrogen and oxygen atoms in total. The van der Waals surface area contributed by atoms with E-state index in [1.54, 1.807) is 12.1 Å². The molecule has 0 fully saturated rings. The second kappa shape index (κ2) is 6.44. The van der Waals surface area contributed by atoms with Crippen molar-refractivity contribution >= 4 is 29.3 Å². The largest absolute Gasteiger partial charge is 0.497 e. The van der Waals surface area contributed by atoms with Gasteiger partial charge in [-0.05, 0) is 19.1 Å². The molecule has 0 aliphatic carbocycles. The van der Waals surface area contributed by atoms with Crippen molar-refractivity contribution < 1.29 is 24.5 Å². The number of urea groups is 1. The van der Waals surface area contributed by atoms with Crippen LogP contribution >= 0.6 is 11.6 Å². The quantitative estimate of drug-likeness (QED) is 0.656. The number of carboxylic acids is 1. The molecule has 20 heavy (non-hydrogen) atoms. The molecule has 0 bridgehead atoms. The SMILES string of the molecule is COc1ccc(Cl)c(NC(=O)NCC(C)(O)C(=O)O)c1. The van der Waals surface area contributed by atoms with E-state index in [-0.39, 0.29) is 0 Å². The van der Waals surface area contributed by atoms with Crippen LogP contribution in [0.5, 0.6) is 5.75 Å². The first kappa shape index (κ1) is 16.1. The molecule has 4 N–H and O–H groups in total. The number of ether oxygens (including phenoxy) is 1. The van der Waals surface area contributed by atoms with Crippen LogP contribution in [0.25, 0.3) is 0 Å². The van der Waals surface area contributed by atoms with Crippen LogP contribution in [0.15, 0.2) is 18.2 Å². The third-order valence-electron chi connectivity index (χ3n) is 2.48. The summed E-state index contributed by atoms with van der Waals surface area (Å²) in [6, 6.07) is 3.99. The van der Waals surface area contributed by atoms with Crippen LogP contribution in [0, 0.1) is 0 Å². The molecule has 110 valence electrons. The van der Waals surface area contributed by atoms with Crippen LogP contribution in [-0.2, 0) is 4.79 Å². The number of anilines is 1. The number of halogens is 1. The Balaban J connectivity index is 2.65. The molecule has 0 spiro atoms. The van der Waals surface area contributed by atoms with Gasteiger partial charge in [-0.15, -0.1) is 0 Å². The van der Waals surface area contributed by atoms with Gasteiger partial charge < -0.3 is 25.6 Å². The van der Waals surface area contributed by atoms with Gasteiger partial charge in [0, 0.05) is 6.07 Å². The number of aliphatic carboxylic acids is 1. The van der Waals surface area contributed by atoms with Crippen LogP contribution in [0.4, 0.5) is 10.5 Å². The molecule has 0 aromatic heterocycles. The lowest BCUT2D eigenvalue weighted by atomic mass is 10.1. The fourth-order valence-electron chi connectivity index (χ4n) is 1.22. The lowest BCUT2D eigenvalue weighted by Gasteiger charge is -2.18. The van der Waals surface area contributed by atoms with E-state index >= 15 is 0 Å². The molecule has 1 aromatic rings. The maximum atomic E-state index is 11.6. The third-order valence-corrected chi connectivity index (χ3v) is 2.81. The Kier molecular flexibility index (Phi) is 5.18. The number of methoxy groups -OCH3 is 1. The van der Waals surface area contributed by atoms with Gasteiger partial charge in [-0.2, -0.15) is 0 Å². The second-order valence-corrected chi connectivity index (χ2v) is 4.64. The summed E-state index contributed by atoms with van der Waals surface area (Å²) in [5.41, 5.74) is -1.74. The number of aliphatic hydroxyl groups is 1. The standard InChI is InChI=1S/C12H15ClN2O5/c1-12(19,10(16)17)6-14-11(18)15-9-5-7(20-2)3-4-8(9)13/h3-5,19H,6H2,1-2H3,(H,16,17)(H2,14,15,18). The fourth-order valence-corrected chi connectivity index (χ4v) is 1.39. The maximum absolute atomic E-state index is 11.6. The van der Waals surface area contributed by atoms with Crippen molar-refractivity contribution in [3.05, 3.63) is 23.2 Å². The summed E-state index contributed by atoms with van der Waals surface area (Å²) < 4.78 is 4.99. The zero-order valence-electron chi connectivity index (χ0n) is 10.9. The van der Waals surface area contributed by atoms with E-state index in [2.05, 4.69) is 10.6 Å². The highest BCUT2D eigenvalue weighted by molar-refractivity contribution is 6.33. The Morgan fingerprint density at radius 1 is 1.45 bits per heavy atom. The predicted octanol–water partition coefficient (Wildman–Crippen LogP) is 1.31. The molecule has 1 aromatic carbocycles. The van der Waals surface area contributed by atoms with Gasteiger partial charge in [-0.1, -0.05) is 11.6 Å². The maximum Gasteiger partial charge on any atom is 0.337 e. The molecule has 0 aliphatic heterocycles. The van der Waals surface area contributed by atoms with Crippen LogP contribution in [-0.4, -0.2) is 41.5 Å². The van der Waals surface area contributed by atoms with Gasteiger partial charge in [0.15, 0.2) is 5.60 Å². The lowest BCUT2D eigenvalue weighted by Crippen LogP contribution is -2.47. The summed E-state index contributed by atoms with van der Waals surface area (Å²) >= 11 is 5.90. The van der Waals surface area contributed by atoms with Gasteiger partial charge in [0.1, 0.15) is 5.75 Å². The molecular weight excluding hydrogens is 288 g/mol. The molecule has 1 unspecified atom stereocenters. The normalized spacial score (nSPS) is 13.2. The lowest BCUT2D eigenvalue weighted by molar-refractivity contribution is -0.155. The average molecular weight is 303 g/mol. The van der Waals surface area contributed by atoms with Crippen LogP contribution in [0.1, 0.15) is 6.92 Å². The fraction of sp³-hybridized carbons (Fsp3) is 0.333. The van der Waals surface area contributed by atoms with E-state index in [9.17, 15) is 14.7 Å². The van der Waals surface area contributed by atoms with Crippen molar-refractivity contribution in [3.8, 4) is 5.75 Å². The number of carbonyl (C=O) groups is 2. The minimum absolute atomic E-state index is 0.297. The van der Waals surface area contributed by atoms with Crippen molar-refractivity contribution in [2.24, 2.45) is 0 Å². The minimum Gasteiger partial charge on any atom is -0.497 e. The number of carboxylic acid groups (broad SMARTS) is 1. The summed E-state index contributed by atoms with van der Waals surface area (Å²) in [5, 5.41) is 23.1. The van der Waals surface area contributed by atoms with E-state index in [0.717, 1.165) is 6.92 Å². The molecule has 0 saturated carbocycles. The van der Waals surface area contributed by atoms with Crippen molar-refractivity contribution in [2.75, 3.05) is 19.0 Å². The van der Waals surface area contributed by atoms with E-state index in [4.69, 9.17) is 21.4 Å². The van der Waals surface area contributed by atoms with Crippen molar-refractivity contribution in [1.29, 1.82) is 0 Å². The molecule has 1 rings (SSSR count). The molecular formula is C12H15ClN2O5. The molecule has 0 aliphatic rings. The highest BCUT2D eigenvalue weighted by Crippen LogP contribution is 2.26. The summed E-state index contributed by atoms with van der Waals surface area (Å²) in [6.07, 6.45) is 0. The number of nitrogens with one attached hydrogen (secondary N) is 2. The van der Waals surface area contributed by atoms with Crippen LogP contribution < -0.4 is 15.4 Å². The van der Waals surface area contributed by atoms with Crippen molar-refractivity contribution in [1.82, 2.24) is 5.32 Å². The predicted molar refractivity (Wildman–Crippen MR) is 73.3 cm³/mol. The zero-order chi connectivity index (χ0) is 15.3. The number of benzene rings is 1. The molecule has 0 radical (unpaired) electrons.